The van der Waals surface area contributed by atoms with Crippen molar-refractivity contribution in [3.63, 3.8) is 0 Å². The second kappa shape index (κ2) is 4.05. The number of nitrogens with zero attached hydrogens (tertiary/aromatic N) is 2. The van der Waals surface area contributed by atoms with Gasteiger partial charge in [-0.1, -0.05) is 0 Å². The van der Waals surface area contributed by atoms with Crippen LogP contribution in [0.25, 0.3) is 0 Å². The van der Waals surface area contributed by atoms with Crippen LogP contribution >= 0.6 is 0 Å². The summed E-state index contributed by atoms with van der Waals surface area (Å²) in [6.45, 7) is 5.64. The van der Waals surface area contributed by atoms with Gasteiger partial charge in [0.25, 0.3) is 0 Å². The van der Waals surface area contributed by atoms with E-state index in [1.54, 1.807) is 5.06 Å². The van der Waals surface area contributed by atoms with E-state index in [0.717, 1.165) is 25.9 Å². The van der Waals surface area contributed by atoms with Crippen molar-refractivity contribution < 1.29 is 4.94 Å². The molecule has 0 aromatic carbocycles. The van der Waals surface area contributed by atoms with Crippen LogP contribution in [0.4, 0.5) is 0 Å². The molecule has 1 saturated heterocycles. The Hall–Kier alpha value is -0.630. The van der Waals surface area contributed by atoms with Gasteiger partial charge in [-0.2, -0.15) is 16.2 Å². The third kappa shape index (κ3) is 2.41. The average molecular weight is 183 g/mol. The highest BCUT2D eigenvalue weighted by Gasteiger charge is 2.32. The van der Waals surface area contributed by atoms with Crippen LogP contribution in [-0.4, -0.2) is 18.2 Å². The number of hydroxylamine groups is 2. The molecule has 1 heterocycles. The van der Waals surface area contributed by atoms with E-state index in [1.807, 2.05) is 13.8 Å². The molecule has 0 aromatic heterocycles. The monoisotopic (exact) mass is 183 g/mol. The van der Waals surface area contributed by atoms with Crippen molar-refractivity contribution >= 4 is 0 Å². The van der Waals surface area contributed by atoms with E-state index in [2.05, 4.69) is 11.0 Å². The molecule has 1 fully saturated rings. The second-order valence-electron chi connectivity index (χ2n) is 4.14. The summed E-state index contributed by atoms with van der Waals surface area (Å²) >= 11 is 0. The first-order valence-corrected chi connectivity index (χ1v) is 4.63. The number of nitrogens with two attached hydrogens (primary N) is 1. The maximum absolute atomic E-state index is 8.95. The maximum Gasteiger partial charge on any atom is 0.0686 e. The van der Waals surface area contributed by atoms with Gasteiger partial charge in [0.15, 0.2) is 0 Å². The van der Waals surface area contributed by atoms with Crippen LogP contribution in [0.15, 0.2) is 0 Å². The molecule has 0 unspecified atom stereocenters. The zero-order chi connectivity index (χ0) is 9.90. The van der Waals surface area contributed by atoms with Gasteiger partial charge in [0, 0.05) is 13.1 Å². The number of hydrogen-bond donors (Lipinski definition) is 1. The van der Waals surface area contributed by atoms with E-state index in [0.29, 0.717) is 5.92 Å². The molecule has 0 aliphatic carbocycles. The molecule has 1 rings (SSSR count). The molecule has 4 heteroatoms. The smallest absolute Gasteiger partial charge is 0.0686 e. The summed E-state index contributed by atoms with van der Waals surface area (Å²) in [6.07, 6.45) is 1.97. The summed E-state index contributed by atoms with van der Waals surface area (Å²) in [4.78, 5) is 4.64. The van der Waals surface area contributed by atoms with Crippen LogP contribution in [0, 0.1) is 22.7 Å². The molecule has 74 valence electrons. The summed E-state index contributed by atoms with van der Waals surface area (Å²) in [6, 6.07) is 2.35. The lowest BCUT2D eigenvalue weighted by Gasteiger charge is -2.35. The Morgan fingerprint density at radius 2 is 2.00 bits per heavy atom. The molecule has 0 amide bonds. The first-order valence-electron chi connectivity index (χ1n) is 4.63. The SMILES string of the molecule is CC(C)(C#N)C1CCN(ON)CC1. The molecule has 1 aliphatic heterocycles. The van der Waals surface area contributed by atoms with Crippen molar-refractivity contribution in [3.8, 4) is 6.07 Å². The van der Waals surface area contributed by atoms with Crippen molar-refractivity contribution in [1.29, 1.82) is 5.26 Å². The van der Waals surface area contributed by atoms with Gasteiger partial charge in [0.2, 0.25) is 0 Å². The summed E-state index contributed by atoms with van der Waals surface area (Å²) in [5.41, 5.74) is -0.222. The standard InChI is InChI=1S/C9H17N3O/c1-9(2,7-10)8-3-5-12(13-11)6-4-8/h8H,3-6,11H2,1-2H3. The van der Waals surface area contributed by atoms with E-state index in [9.17, 15) is 0 Å². The predicted molar refractivity (Wildman–Crippen MR) is 49.0 cm³/mol. The Bertz CT molecular complexity index is 201. The Balaban J connectivity index is 2.46. The fourth-order valence-corrected chi connectivity index (χ4v) is 1.77. The molecule has 0 spiro atoms. The second-order valence-corrected chi connectivity index (χ2v) is 4.14. The third-order valence-corrected chi connectivity index (χ3v) is 2.91. The van der Waals surface area contributed by atoms with Crippen LogP contribution in [0.5, 0.6) is 0 Å². The normalized spacial score (nSPS) is 21.4. The molecule has 0 aromatic rings. The molecule has 1 aliphatic rings. The van der Waals surface area contributed by atoms with Crippen molar-refractivity contribution in [2.75, 3.05) is 13.1 Å². The quantitative estimate of drug-likeness (QED) is 0.650. The molecule has 0 bridgehead atoms. The van der Waals surface area contributed by atoms with Crippen molar-refractivity contribution in [3.05, 3.63) is 0 Å². The Morgan fingerprint density at radius 3 is 2.38 bits per heavy atom. The highest BCUT2D eigenvalue weighted by Crippen LogP contribution is 2.33. The maximum atomic E-state index is 8.95. The minimum absolute atomic E-state index is 0.222. The van der Waals surface area contributed by atoms with E-state index in [4.69, 9.17) is 11.2 Å². The number of hydrogen-bond acceptors (Lipinski definition) is 4. The topological polar surface area (TPSA) is 62.3 Å². The molecule has 4 nitrogen and oxygen atoms in total. The molecule has 2 N–H and O–H groups in total. The van der Waals surface area contributed by atoms with E-state index >= 15 is 0 Å². The molecule has 0 saturated carbocycles. The zero-order valence-electron chi connectivity index (χ0n) is 8.29. The lowest BCUT2D eigenvalue weighted by Crippen LogP contribution is -2.39. The van der Waals surface area contributed by atoms with Crippen molar-refractivity contribution in [2.45, 2.75) is 26.7 Å². The summed E-state index contributed by atoms with van der Waals surface area (Å²) in [7, 11) is 0. The minimum Gasteiger partial charge on any atom is -0.214 e. The van der Waals surface area contributed by atoms with Gasteiger partial charge in [-0.3, -0.25) is 0 Å². The van der Waals surface area contributed by atoms with Gasteiger partial charge in [-0.05, 0) is 32.6 Å². The Labute approximate surface area is 79.2 Å². The lowest BCUT2D eigenvalue weighted by atomic mass is 9.75. The van der Waals surface area contributed by atoms with Gasteiger partial charge in [0.05, 0.1) is 11.5 Å². The average Bonchev–Trinajstić information content (AvgIpc) is 2.18. The predicted octanol–water partition coefficient (Wildman–Crippen LogP) is 1.05. The van der Waals surface area contributed by atoms with Crippen LogP contribution < -0.4 is 5.90 Å². The molecular formula is C9H17N3O. The van der Waals surface area contributed by atoms with Gasteiger partial charge < -0.3 is 0 Å². The van der Waals surface area contributed by atoms with Gasteiger partial charge in [-0.15, -0.1) is 0 Å². The highest BCUT2D eigenvalue weighted by molar-refractivity contribution is 4.97. The largest absolute Gasteiger partial charge is 0.214 e. The molecule has 0 radical (unpaired) electrons. The van der Waals surface area contributed by atoms with Gasteiger partial charge >= 0.3 is 0 Å². The van der Waals surface area contributed by atoms with E-state index < -0.39 is 0 Å². The highest BCUT2D eigenvalue weighted by atomic mass is 16.8. The number of rotatable bonds is 2. The minimum atomic E-state index is -0.222. The molecule has 0 atom stereocenters. The van der Waals surface area contributed by atoms with Crippen molar-refractivity contribution in [2.24, 2.45) is 17.2 Å². The number of nitriles is 1. The fourth-order valence-electron chi connectivity index (χ4n) is 1.77. The molecule has 13 heavy (non-hydrogen) atoms. The van der Waals surface area contributed by atoms with Crippen LogP contribution in [0.1, 0.15) is 26.7 Å². The first kappa shape index (κ1) is 10.5. The zero-order valence-corrected chi connectivity index (χ0v) is 8.29. The van der Waals surface area contributed by atoms with Crippen molar-refractivity contribution in [1.82, 2.24) is 5.06 Å². The summed E-state index contributed by atoms with van der Waals surface area (Å²) in [5.74, 6) is 5.51. The van der Waals surface area contributed by atoms with Crippen LogP contribution in [0.3, 0.4) is 0 Å². The Kier molecular flexibility index (Phi) is 3.26. The van der Waals surface area contributed by atoms with Gasteiger partial charge in [-0.25, -0.2) is 4.94 Å². The summed E-state index contributed by atoms with van der Waals surface area (Å²) < 4.78 is 0. The third-order valence-electron chi connectivity index (χ3n) is 2.91. The number of piperidine rings is 1. The van der Waals surface area contributed by atoms with E-state index in [-0.39, 0.29) is 5.41 Å². The lowest BCUT2D eigenvalue weighted by molar-refractivity contribution is -0.181. The van der Waals surface area contributed by atoms with Gasteiger partial charge in [0.1, 0.15) is 0 Å². The Morgan fingerprint density at radius 1 is 1.46 bits per heavy atom. The molecular weight excluding hydrogens is 166 g/mol. The summed E-state index contributed by atoms with van der Waals surface area (Å²) in [5, 5.41) is 10.7. The van der Waals surface area contributed by atoms with E-state index in [1.165, 1.54) is 0 Å². The van der Waals surface area contributed by atoms with Crippen LogP contribution in [-0.2, 0) is 4.94 Å². The van der Waals surface area contributed by atoms with Crippen LogP contribution in [0.2, 0.25) is 0 Å². The first-order chi connectivity index (χ1) is 6.10. The fraction of sp³-hybridized carbons (Fsp3) is 0.889.